The van der Waals surface area contributed by atoms with Gasteiger partial charge in [0.05, 0.1) is 0 Å². The van der Waals surface area contributed by atoms with Crippen molar-refractivity contribution in [1.82, 2.24) is 0 Å². The fourth-order valence-corrected chi connectivity index (χ4v) is 3.51. The molecular formula is C16H20O2. The molecule has 1 saturated carbocycles. The van der Waals surface area contributed by atoms with E-state index < -0.39 is 0 Å². The van der Waals surface area contributed by atoms with Gasteiger partial charge in [0.1, 0.15) is 0 Å². The van der Waals surface area contributed by atoms with Crippen LogP contribution in [-0.4, -0.2) is 11.6 Å². The number of hydrogen-bond donors (Lipinski definition) is 0. The van der Waals surface area contributed by atoms with Crippen molar-refractivity contribution in [2.75, 3.05) is 0 Å². The molecule has 0 aromatic heterocycles. The van der Waals surface area contributed by atoms with E-state index in [-0.39, 0.29) is 17.5 Å². The van der Waals surface area contributed by atoms with Gasteiger partial charge in [-0.3, -0.25) is 9.59 Å². The molecule has 2 atom stereocenters. The smallest absolute Gasteiger partial charge is 0.222 e. The minimum absolute atomic E-state index is 0.108. The van der Waals surface area contributed by atoms with Crippen molar-refractivity contribution in [2.45, 2.75) is 46.0 Å². The second kappa shape index (κ2) is 4.18. The predicted octanol–water partition coefficient (Wildman–Crippen LogP) is 3.23. The SMILES string of the molecule is CC1=C(C2CC2)CC(C)CC2C(=O)C(=O)C=C2C1. The van der Waals surface area contributed by atoms with E-state index in [9.17, 15) is 9.59 Å². The number of ketones is 2. The monoisotopic (exact) mass is 244 g/mol. The number of rotatable bonds is 1. The Labute approximate surface area is 108 Å². The van der Waals surface area contributed by atoms with Crippen molar-refractivity contribution in [3.63, 3.8) is 0 Å². The van der Waals surface area contributed by atoms with E-state index in [1.165, 1.54) is 18.4 Å². The number of hydrogen-bond acceptors (Lipinski definition) is 2. The molecule has 0 heterocycles. The molecule has 3 aliphatic rings. The van der Waals surface area contributed by atoms with Crippen molar-refractivity contribution in [2.24, 2.45) is 17.8 Å². The van der Waals surface area contributed by atoms with E-state index in [0.717, 1.165) is 30.8 Å². The Bertz CT molecular complexity index is 477. The summed E-state index contributed by atoms with van der Waals surface area (Å²) in [5.74, 6) is 0.768. The minimum atomic E-state index is -0.273. The fraction of sp³-hybridized carbons (Fsp3) is 0.625. The van der Waals surface area contributed by atoms with Gasteiger partial charge in [0.15, 0.2) is 0 Å². The maximum Gasteiger partial charge on any atom is 0.222 e. The summed E-state index contributed by atoms with van der Waals surface area (Å²) in [5.41, 5.74) is 4.11. The van der Waals surface area contributed by atoms with Crippen LogP contribution in [0.5, 0.6) is 0 Å². The second-order valence-electron chi connectivity index (χ2n) is 6.30. The molecule has 3 aliphatic carbocycles. The zero-order valence-corrected chi connectivity index (χ0v) is 11.2. The van der Waals surface area contributed by atoms with Crippen LogP contribution >= 0.6 is 0 Å². The normalized spacial score (nSPS) is 33.1. The summed E-state index contributed by atoms with van der Waals surface area (Å²) in [5, 5.41) is 0. The number of fused-ring (bicyclic) bond motifs is 1. The van der Waals surface area contributed by atoms with E-state index in [2.05, 4.69) is 13.8 Å². The third-order valence-corrected chi connectivity index (χ3v) is 4.62. The third kappa shape index (κ3) is 1.98. The molecule has 0 spiro atoms. The Hall–Kier alpha value is -1.18. The molecule has 0 aliphatic heterocycles. The first kappa shape index (κ1) is 11.9. The molecule has 1 fully saturated rings. The quantitative estimate of drug-likeness (QED) is 0.524. The van der Waals surface area contributed by atoms with Crippen molar-refractivity contribution in [3.8, 4) is 0 Å². The topological polar surface area (TPSA) is 34.1 Å². The van der Waals surface area contributed by atoms with Crippen LogP contribution in [0, 0.1) is 17.8 Å². The van der Waals surface area contributed by atoms with Crippen LogP contribution in [0.2, 0.25) is 0 Å². The Morgan fingerprint density at radius 2 is 1.94 bits per heavy atom. The molecule has 3 rings (SSSR count). The molecule has 0 amide bonds. The van der Waals surface area contributed by atoms with E-state index in [1.807, 2.05) is 0 Å². The first-order valence-electron chi connectivity index (χ1n) is 7.03. The highest BCUT2D eigenvalue weighted by molar-refractivity contribution is 6.45. The van der Waals surface area contributed by atoms with Gasteiger partial charge in [-0.1, -0.05) is 23.6 Å². The lowest BCUT2D eigenvalue weighted by molar-refractivity contribution is -0.134. The Kier molecular flexibility index (Phi) is 2.76. The lowest BCUT2D eigenvalue weighted by Crippen LogP contribution is -2.21. The highest BCUT2D eigenvalue weighted by Gasteiger charge is 2.38. The Morgan fingerprint density at radius 1 is 1.22 bits per heavy atom. The van der Waals surface area contributed by atoms with Crippen LogP contribution in [0.25, 0.3) is 0 Å². The van der Waals surface area contributed by atoms with Crippen molar-refractivity contribution in [1.29, 1.82) is 0 Å². The van der Waals surface area contributed by atoms with Gasteiger partial charge in [0, 0.05) is 5.92 Å². The third-order valence-electron chi connectivity index (χ3n) is 4.62. The van der Waals surface area contributed by atoms with E-state index >= 15 is 0 Å². The fourth-order valence-electron chi connectivity index (χ4n) is 3.51. The van der Waals surface area contributed by atoms with Gasteiger partial charge in [0.2, 0.25) is 11.6 Å². The van der Waals surface area contributed by atoms with E-state index in [0.29, 0.717) is 5.92 Å². The number of carbonyl (C=O) groups excluding carboxylic acids is 2. The first-order chi connectivity index (χ1) is 8.56. The summed E-state index contributed by atoms with van der Waals surface area (Å²) in [7, 11) is 0. The molecular weight excluding hydrogens is 224 g/mol. The lowest BCUT2D eigenvalue weighted by atomic mass is 9.79. The van der Waals surface area contributed by atoms with Gasteiger partial charge in [0.25, 0.3) is 0 Å². The zero-order chi connectivity index (χ0) is 12.9. The average Bonchev–Trinajstić information content (AvgIpc) is 3.10. The molecule has 2 heteroatoms. The van der Waals surface area contributed by atoms with Crippen molar-refractivity contribution in [3.05, 3.63) is 22.8 Å². The summed E-state index contributed by atoms with van der Waals surface area (Å²) in [6.07, 6.45) is 7.11. The average molecular weight is 244 g/mol. The molecule has 0 bridgehead atoms. The Balaban J connectivity index is 1.94. The summed E-state index contributed by atoms with van der Waals surface area (Å²) in [6, 6.07) is 0. The summed E-state index contributed by atoms with van der Waals surface area (Å²) in [6.45, 7) is 4.41. The summed E-state index contributed by atoms with van der Waals surface area (Å²) >= 11 is 0. The standard InChI is InChI=1S/C16H20O2/c1-9-5-13(11-3-4-11)10(2)7-12-8-15(17)16(18)14(12)6-9/h8-9,11,14H,3-7H2,1-2H3. The van der Waals surface area contributed by atoms with E-state index in [4.69, 9.17) is 0 Å². The first-order valence-corrected chi connectivity index (χ1v) is 7.03. The van der Waals surface area contributed by atoms with Gasteiger partial charge >= 0.3 is 0 Å². The second-order valence-corrected chi connectivity index (χ2v) is 6.30. The lowest BCUT2D eigenvalue weighted by Gasteiger charge is -2.25. The van der Waals surface area contributed by atoms with Crippen LogP contribution in [0.3, 0.4) is 0 Å². The molecule has 0 N–H and O–H groups in total. The highest BCUT2D eigenvalue weighted by Crippen LogP contribution is 2.45. The molecule has 2 unspecified atom stereocenters. The van der Waals surface area contributed by atoms with Gasteiger partial charge in [-0.05, 0) is 56.9 Å². The molecule has 2 nitrogen and oxygen atoms in total. The van der Waals surface area contributed by atoms with Gasteiger partial charge in [-0.25, -0.2) is 0 Å². The van der Waals surface area contributed by atoms with Crippen LogP contribution in [0.15, 0.2) is 22.8 Å². The van der Waals surface area contributed by atoms with Crippen LogP contribution < -0.4 is 0 Å². The summed E-state index contributed by atoms with van der Waals surface area (Å²) in [4.78, 5) is 23.4. The largest absolute Gasteiger partial charge is 0.290 e. The highest BCUT2D eigenvalue weighted by atomic mass is 16.2. The number of Topliss-reactive ketones (excluding diaryl/α,β-unsaturated/α-hetero) is 1. The van der Waals surface area contributed by atoms with Crippen molar-refractivity contribution >= 4 is 11.6 Å². The minimum Gasteiger partial charge on any atom is -0.290 e. The molecule has 18 heavy (non-hydrogen) atoms. The van der Waals surface area contributed by atoms with Gasteiger partial charge in [-0.15, -0.1) is 0 Å². The molecule has 0 aromatic carbocycles. The molecule has 0 aromatic rings. The van der Waals surface area contributed by atoms with Crippen LogP contribution in [0.4, 0.5) is 0 Å². The van der Waals surface area contributed by atoms with E-state index in [1.54, 1.807) is 11.6 Å². The summed E-state index contributed by atoms with van der Waals surface area (Å²) < 4.78 is 0. The zero-order valence-electron chi connectivity index (χ0n) is 11.2. The van der Waals surface area contributed by atoms with Gasteiger partial charge in [-0.2, -0.15) is 0 Å². The maximum absolute atomic E-state index is 11.9. The molecule has 0 saturated heterocycles. The maximum atomic E-state index is 11.9. The number of carbonyl (C=O) groups is 2. The number of allylic oxidation sites excluding steroid dienone is 4. The van der Waals surface area contributed by atoms with Crippen molar-refractivity contribution < 1.29 is 9.59 Å². The molecule has 0 radical (unpaired) electrons. The van der Waals surface area contributed by atoms with Gasteiger partial charge < -0.3 is 0 Å². The Morgan fingerprint density at radius 3 is 2.61 bits per heavy atom. The van der Waals surface area contributed by atoms with Crippen LogP contribution in [0.1, 0.15) is 46.0 Å². The van der Waals surface area contributed by atoms with Crippen LogP contribution in [-0.2, 0) is 9.59 Å². The molecule has 96 valence electrons. The predicted molar refractivity (Wildman–Crippen MR) is 70.0 cm³/mol.